The average molecular weight is 305 g/mol. The third kappa shape index (κ3) is 2.15. The van der Waals surface area contributed by atoms with Gasteiger partial charge in [-0.25, -0.2) is 4.98 Å². The van der Waals surface area contributed by atoms with E-state index in [4.69, 9.17) is 0 Å². The maximum absolute atomic E-state index is 12.5. The van der Waals surface area contributed by atoms with Gasteiger partial charge in [0, 0.05) is 35.6 Å². The fourth-order valence-electron chi connectivity index (χ4n) is 2.79. The van der Waals surface area contributed by atoms with Crippen LogP contribution in [0, 0.1) is 0 Å². The number of fused-ring (bicyclic) bond motifs is 2. The van der Waals surface area contributed by atoms with Crippen molar-refractivity contribution in [3.8, 4) is 0 Å². The molecule has 114 valence electrons. The zero-order valence-electron chi connectivity index (χ0n) is 12.6. The Morgan fingerprint density at radius 1 is 1.35 bits per heavy atom. The number of H-pyrrole nitrogens is 1. The first-order valence-electron chi connectivity index (χ1n) is 7.45. The number of aromatic amines is 1. The van der Waals surface area contributed by atoms with Gasteiger partial charge in [0.2, 0.25) is 0 Å². The summed E-state index contributed by atoms with van der Waals surface area (Å²) in [5, 5.41) is 11.2. The second-order valence-corrected chi connectivity index (χ2v) is 5.30. The van der Waals surface area contributed by atoms with Crippen molar-refractivity contribution >= 4 is 33.9 Å². The van der Waals surface area contributed by atoms with Crippen molar-refractivity contribution < 1.29 is 4.79 Å². The summed E-state index contributed by atoms with van der Waals surface area (Å²) in [5.74, 6) is 0.688. The number of aromatic nitrogens is 3. The van der Waals surface area contributed by atoms with Crippen LogP contribution < -0.4 is 10.2 Å². The lowest BCUT2D eigenvalue weighted by molar-refractivity contribution is -0.113. The summed E-state index contributed by atoms with van der Waals surface area (Å²) in [6.45, 7) is 2.54. The smallest absolute Gasteiger partial charge is 0.261 e. The zero-order chi connectivity index (χ0) is 15.8. The minimum absolute atomic E-state index is 0.0312. The van der Waals surface area contributed by atoms with Crippen LogP contribution in [0.3, 0.4) is 0 Å². The van der Waals surface area contributed by atoms with Gasteiger partial charge in [0.25, 0.3) is 5.91 Å². The lowest BCUT2D eigenvalue weighted by atomic mass is 10.1. The molecule has 0 atom stereocenters. The second-order valence-electron chi connectivity index (χ2n) is 5.30. The number of likely N-dealkylation sites (N-methyl/N-ethyl adjacent to an activating group) is 1. The van der Waals surface area contributed by atoms with E-state index in [2.05, 4.69) is 20.5 Å². The number of carbonyl (C=O) groups excluding carboxylic acids is 1. The van der Waals surface area contributed by atoms with Crippen molar-refractivity contribution in [2.45, 2.75) is 6.92 Å². The van der Waals surface area contributed by atoms with Crippen LogP contribution in [0.1, 0.15) is 12.5 Å². The molecule has 6 heteroatoms. The van der Waals surface area contributed by atoms with Crippen LogP contribution in [0.4, 0.5) is 11.5 Å². The molecule has 0 spiro atoms. The van der Waals surface area contributed by atoms with Crippen LogP contribution in [-0.4, -0.2) is 27.6 Å². The highest BCUT2D eigenvalue weighted by molar-refractivity contribution is 6.32. The molecule has 0 fully saturated rings. The molecule has 3 aromatic rings. The highest BCUT2D eigenvalue weighted by Gasteiger charge is 2.32. The number of hydrogen-bond donors (Lipinski definition) is 2. The number of hydrogen-bond acceptors (Lipinski definition) is 4. The molecule has 0 aliphatic carbocycles. The Morgan fingerprint density at radius 3 is 3.13 bits per heavy atom. The van der Waals surface area contributed by atoms with Crippen molar-refractivity contribution in [3.63, 3.8) is 0 Å². The summed E-state index contributed by atoms with van der Waals surface area (Å²) in [6, 6.07) is 9.65. The standard InChI is InChI=1S/C17H15N5O/c1-2-22-16-13(4-3-7-18-16)14(17(22)23)10-19-12-6-5-11-9-20-21-15(11)8-12/h3-10,19H,2H2,1H3,(H,20,21). The summed E-state index contributed by atoms with van der Waals surface area (Å²) in [6.07, 6.45) is 5.23. The quantitative estimate of drug-likeness (QED) is 0.730. The minimum Gasteiger partial charge on any atom is -0.361 e. The van der Waals surface area contributed by atoms with Gasteiger partial charge in [-0.3, -0.25) is 14.8 Å². The molecule has 0 unspecified atom stereocenters. The van der Waals surface area contributed by atoms with E-state index in [1.165, 1.54) is 0 Å². The van der Waals surface area contributed by atoms with Gasteiger partial charge in [-0.2, -0.15) is 5.10 Å². The number of pyridine rings is 1. The van der Waals surface area contributed by atoms with Crippen LogP contribution in [0.5, 0.6) is 0 Å². The molecule has 1 aromatic carbocycles. The first kappa shape index (κ1) is 13.5. The highest BCUT2D eigenvalue weighted by atomic mass is 16.2. The number of nitrogens with one attached hydrogen (secondary N) is 2. The van der Waals surface area contributed by atoms with E-state index in [9.17, 15) is 4.79 Å². The number of benzene rings is 1. The second kappa shape index (κ2) is 5.24. The Kier molecular flexibility index (Phi) is 3.08. The zero-order valence-corrected chi connectivity index (χ0v) is 12.6. The maximum atomic E-state index is 12.5. The normalized spacial score (nSPS) is 15.4. The van der Waals surface area contributed by atoms with Crippen LogP contribution in [-0.2, 0) is 4.79 Å². The summed E-state index contributed by atoms with van der Waals surface area (Å²) in [5.41, 5.74) is 3.32. The number of rotatable bonds is 3. The molecular formula is C17H15N5O. The van der Waals surface area contributed by atoms with Gasteiger partial charge in [-0.05, 0) is 37.3 Å². The molecule has 0 radical (unpaired) electrons. The Labute approximate surface area is 132 Å². The SMILES string of the molecule is CCN1C(=O)C(=CNc2ccc3cn[nH]c3c2)c2cccnc21. The van der Waals surface area contributed by atoms with Gasteiger partial charge >= 0.3 is 0 Å². The molecule has 2 N–H and O–H groups in total. The van der Waals surface area contributed by atoms with E-state index in [1.807, 2.05) is 37.3 Å². The molecule has 1 aliphatic rings. The lowest BCUT2D eigenvalue weighted by Crippen LogP contribution is -2.26. The molecular weight excluding hydrogens is 290 g/mol. The lowest BCUT2D eigenvalue weighted by Gasteiger charge is -2.12. The van der Waals surface area contributed by atoms with Crippen molar-refractivity contribution in [1.29, 1.82) is 0 Å². The third-order valence-electron chi connectivity index (χ3n) is 3.95. The van der Waals surface area contributed by atoms with Gasteiger partial charge in [-0.15, -0.1) is 0 Å². The molecule has 3 heterocycles. The average Bonchev–Trinajstić information content (AvgIpc) is 3.14. The number of carbonyl (C=O) groups is 1. The summed E-state index contributed by atoms with van der Waals surface area (Å²) >= 11 is 0. The number of amides is 1. The van der Waals surface area contributed by atoms with E-state index in [1.54, 1.807) is 23.5 Å². The molecule has 2 aromatic heterocycles. The molecule has 23 heavy (non-hydrogen) atoms. The Balaban J connectivity index is 1.69. The minimum atomic E-state index is -0.0312. The van der Waals surface area contributed by atoms with Gasteiger partial charge in [0.1, 0.15) is 5.82 Å². The van der Waals surface area contributed by atoms with Crippen LogP contribution >= 0.6 is 0 Å². The molecule has 0 saturated heterocycles. The highest BCUT2D eigenvalue weighted by Crippen LogP contribution is 2.34. The van der Waals surface area contributed by atoms with E-state index >= 15 is 0 Å². The van der Waals surface area contributed by atoms with Crippen molar-refractivity contribution in [2.75, 3.05) is 16.8 Å². The maximum Gasteiger partial charge on any atom is 0.261 e. The largest absolute Gasteiger partial charge is 0.361 e. The van der Waals surface area contributed by atoms with Crippen LogP contribution in [0.25, 0.3) is 16.5 Å². The van der Waals surface area contributed by atoms with Crippen LogP contribution in [0.15, 0.2) is 48.9 Å². The van der Waals surface area contributed by atoms with Crippen LogP contribution in [0.2, 0.25) is 0 Å². The summed E-state index contributed by atoms with van der Waals surface area (Å²) < 4.78 is 0. The molecule has 0 bridgehead atoms. The van der Waals surface area contributed by atoms with Gasteiger partial charge in [0.05, 0.1) is 17.3 Å². The molecule has 6 nitrogen and oxygen atoms in total. The molecule has 4 rings (SSSR count). The number of anilines is 2. The monoisotopic (exact) mass is 305 g/mol. The van der Waals surface area contributed by atoms with Crippen molar-refractivity contribution in [3.05, 3.63) is 54.5 Å². The Hall–Kier alpha value is -3.15. The molecule has 1 aliphatic heterocycles. The van der Waals surface area contributed by atoms with E-state index < -0.39 is 0 Å². The summed E-state index contributed by atoms with van der Waals surface area (Å²) in [4.78, 5) is 18.6. The fraction of sp³-hybridized carbons (Fsp3) is 0.118. The van der Waals surface area contributed by atoms with E-state index in [-0.39, 0.29) is 5.91 Å². The predicted molar refractivity (Wildman–Crippen MR) is 90.0 cm³/mol. The predicted octanol–water partition coefficient (Wildman–Crippen LogP) is 2.78. The first-order chi connectivity index (χ1) is 11.3. The van der Waals surface area contributed by atoms with Gasteiger partial charge in [0.15, 0.2) is 0 Å². The van der Waals surface area contributed by atoms with Gasteiger partial charge in [-0.1, -0.05) is 0 Å². The molecule has 0 saturated carbocycles. The van der Waals surface area contributed by atoms with E-state index in [0.29, 0.717) is 12.1 Å². The van der Waals surface area contributed by atoms with E-state index in [0.717, 1.165) is 28.0 Å². The Bertz CT molecular complexity index is 927. The first-order valence-corrected chi connectivity index (χ1v) is 7.45. The van der Waals surface area contributed by atoms with Gasteiger partial charge < -0.3 is 5.32 Å². The topological polar surface area (TPSA) is 73.9 Å². The summed E-state index contributed by atoms with van der Waals surface area (Å²) in [7, 11) is 0. The number of nitrogens with zero attached hydrogens (tertiary/aromatic N) is 3. The Morgan fingerprint density at radius 2 is 2.26 bits per heavy atom. The fourth-order valence-corrected chi connectivity index (χ4v) is 2.79. The molecule has 1 amide bonds. The van der Waals surface area contributed by atoms with Crippen molar-refractivity contribution in [2.24, 2.45) is 0 Å². The third-order valence-corrected chi connectivity index (χ3v) is 3.95. The van der Waals surface area contributed by atoms with Crippen molar-refractivity contribution in [1.82, 2.24) is 15.2 Å².